The topological polar surface area (TPSA) is 63.9 Å². The lowest BCUT2D eigenvalue weighted by Gasteiger charge is -2.56. The molecule has 1 amide bonds. The molecule has 1 N–H and O–H groups in total. The number of nitrogens with zero attached hydrogens (tertiary/aromatic N) is 2. The van der Waals surface area contributed by atoms with Crippen LogP contribution in [0.4, 0.5) is 4.79 Å². The van der Waals surface area contributed by atoms with Crippen LogP contribution in [0.15, 0.2) is 54.6 Å². The molecule has 2 aromatic carbocycles. The van der Waals surface area contributed by atoms with Crippen molar-refractivity contribution in [2.24, 2.45) is 24.8 Å². The monoisotopic (exact) mass is 460 g/mol. The molecule has 3 aliphatic heterocycles. The van der Waals surface area contributed by atoms with E-state index in [1.54, 1.807) is 0 Å². The summed E-state index contributed by atoms with van der Waals surface area (Å²) in [6, 6.07) is 18.0. The van der Waals surface area contributed by atoms with Crippen molar-refractivity contribution >= 4 is 17.0 Å². The highest BCUT2D eigenvalue weighted by Crippen LogP contribution is 2.53. The van der Waals surface area contributed by atoms with Crippen molar-refractivity contribution in [1.82, 2.24) is 9.47 Å². The lowest BCUT2D eigenvalue weighted by molar-refractivity contribution is -0.230. The Labute approximate surface area is 200 Å². The van der Waals surface area contributed by atoms with E-state index in [1.807, 2.05) is 35.2 Å². The fourth-order valence-electron chi connectivity index (χ4n) is 6.89. The third-order valence-corrected chi connectivity index (χ3v) is 8.47. The van der Waals surface area contributed by atoms with E-state index in [0.29, 0.717) is 24.9 Å². The summed E-state index contributed by atoms with van der Waals surface area (Å²) in [5.41, 5.74) is 4.66. The van der Waals surface area contributed by atoms with Crippen LogP contribution in [0.5, 0.6) is 0 Å². The fourth-order valence-corrected chi connectivity index (χ4v) is 6.89. The molecule has 4 heterocycles. The van der Waals surface area contributed by atoms with Gasteiger partial charge in [0.1, 0.15) is 6.61 Å². The van der Waals surface area contributed by atoms with Crippen LogP contribution in [0.25, 0.3) is 10.9 Å². The Bertz CT molecular complexity index is 1210. The second-order valence-corrected chi connectivity index (χ2v) is 10.0. The number of hydrogen-bond donors (Lipinski definition) is 1. The predicted octanol–water partition coefficient (Wildman–Crippen LogP) is 4.79. The summed E-state index contributed by atoms with van der Waals surface area (Å²) in [5, 5.41) is 12.2. The zero-order valence-corrected chi connectivity index (χ0v) is 19.8. The lowest BCUT2D eigenvalue weighted by Crippen LogP contribution is -2.62. The predicted molar refractivity (Wildman–Crippen MR) is 129 cm³/mol. The van der Waals surface area contributed by atoms with E-state index < -0.39 is 6.29 Å². The van der Waals surface area contributed by atoms with Crippen molar-refractivity contribution in [2.45, 2.75) is 51.2 Å². The Morgan fingerprint density at radius 2 is 1.91 bits per heavy atom. The average Bonchev–Trinajstić information content (AvgIpc) is 3.14. The standard InChI is InChI=1S/C28H32N2O4/c1-3-18-16-33-27(31)25-20(18)13-24-26-21(19-11-7-8-12-22(19)29(26)2)14-23(25)30(24)28(32)34-15-17-9-5-4-6-10-17/h4-12,18,20,23-25,27,31H,3,13-16H2,1-2H3/t18-,20-,23+,24+,25-,27+/m0/s1. The maximum Gasteiger partial charge on any atom is 0.410 e. The van der Waals surface area contributed by atoms with Gasteiger partial charge in [0.15, 0.2) is 6.29 Å². The summed E-state index contributed by atoms with van der Waals surface area (Å²) in [4.78, 5) is 15.6. The molecule has 6 heteroatoms. The van der Waals surface area contributed by atoms with Gasteiger partial charge < -0.3 is 19.1 Å². The molecule has 2 bridgehead atoms. The molecule has 2 fully saturated rings. The third-order valence-electron chi connectivity index (χ3n) is 8.47. The first kappa shape index (κ1) is 21.7. The van der Waals surface area contributed by atoms with Crippen molar-refractivity contribution < 1.29 is 19.4 Å². The third kappa shape index (κ3) is 3.27. The molecule has 6 nitrogen and oxygen atoms in total. The second kappa shape index (κ2) is 8.43. The van der Waals surface area contributed by atoms with Crippen LogP contribution in [0.2, 0.25) is 0 Å². The van der Waals surface area contributed by atoms with E-state index in [1.165, 1.54) is 22.2 Å². The number of rotatable bonds is 3. The Morgan fingerprint density at radius 1 is 1.15 bits per heavy atom. The van der Waals surface area contributed by atoms with E-state index in [0.717, 1.165) is 18.4 Å². The van der Waals surface area contributed by atoms with E-state index in [2.05, 4.69) is 42.8 Å². The molecule has 6 rings (SSSR count). The fraction of sp³-hybridized carbons (Fsp3) is 0.464. The highest BCUT2D eigenvalue weighted by atomic mass is 16.6. The second-order valence-electron chi connectivity index (χ2n) is 10.0. The van der Waals surface area contributed by atoms with Crippen LogP contribution in [-0.4, -0.2) is 39.6 Å². The molecule has 0 aliphatic carbocycles. The quantitative estimate of drug-likeness (QED) is 0.610. The maximum atomic E-state index is 13.6. The zero-order chi connectivity index (χ0) is 23.4. The summed E-state index contributed by atoms with van der Waals surface area (Å²) in [6.07, 6.45) is 1.36. The Hall–Kier alpha value is -2.83. The number of aliphatic hydroxyl groups is 1. The van der Waals surface area contributed by atoms with Crippen molar-refractivity contribution in [1.29, 1.82) is 0 Å². The lowest BCUT2D eigenvalue weighted by atomic mass is 9.64. The molecule has 0 radical (unpaired) electrons. The normalized spacial score (nSPS) is 30.0. The van der Waals surface area contributed by atoms with Crippen molar-refractivity contribution in [3.63, 3.8) is 0 Å². The molecule has 34 heavy (non-hydrogen) atoms. The molecule has 0 unspecified atom stereocenters. The van der Waals surface area contributed by atoms with Gasteiger partial charge in [0, 0.05) is 35.6 Å². The average molecular weight is 461 g/mol. The summed E-state index contributed by atoms with van der Waals surface area (Å²) in [7, 11) is 2.11. The largest absolute Gasteiger partial charge is 0.445 e. The zero-order valence-electron chi connectivity index (χ0n) is 19.8. The first-order valence-electron chi connectivity index (χ1n) is 12.4. The Kier molecular flexibility index (Phi) is 5.38. The van der Waals surface area contributed by atoms with Crippen LogP contribution >= 0.6 is 0 Å². The number of amides is 1. The smallest absolute Gasteiger partial charge is 0.410 e. The van der Waals surface area contributed by atoms with Gasteiger partial charge in [-0.1, -0.05) is 61.9 Å². The number of aryl methyl sites for hydroxylation is 1. The molecular formula is C28H32N2O4. The molecule has 6 atom stereocenters. The molecule has 3 aromatic rings. The van der Waals surface area contributed by atoms with Gasteiger partial charge in [-0.05, 0) is 41.9 Å². The summed E-state index contributed by atoms with van der Waals surface area (Å²) < 4.78 is 14.0. The van der Waals surface area contributed by atoms with Gasteiger partial charge in [0.05, 0.1) is 12.6 Å². The number of carbonyl (C=O) groups excluding carboxylic acids is 1. The molecular weight excluding hydrogens is 428 g/mol. The van der Waals surface area contributed by atoms with Crippen LogP contribution < -0.4 is 0 Å². The van der Waals surface area contributed by atoms with Crippen molar-refractivity contribution in [2.75, 3.05) is 6.61 Å². The first-order valence-corrected chi connectivity index (χ1v) is 12.4. The number of ether oxygens (including phenoxy) is 2. The summed E-state index contributed by atoms with van der Waals surface area (Å²) in [6.45, 7) is 3.02. The molecule has 0 spiro atoms. The molecule has 178 valence electrons. The molecule has 2 saturated heterocycles. The van der Waals surface area contributed by atoms with Gasteiger partial charge in [0.2, 0.25) is 0 Å². The Balaban J connectivity index is 1.42. The van der Waals surface area contributed by atoms with E-state index in [4.69, 9.17) is 9.47 Å². The number of piperidine rings is 1. The summed E-state index contributed by atoms with van der Waals surface area (Å²) in [5.74, 6) is 0.580. The van der Waals surface area contributed by atoms with E-state index in [-0.39, 0.29) is 30.7 Å². The molecule has 1 aromatic heterocycles. The highest BCUT2D eigenvalue weighted by Gasteiger charge is 2.56. The summed E-state index contributed by atoms with van der Waals surface area (Å²) >= 11 is 0. The van der Waals surface area contributed by atoms with Crippen molar-refractivity contribution in [3.8, 4) is 0 Å². The first-order chi connectivity index (χ1) is 16.6. The van der Waals surface area contributed by atoms with E-state index >= 15 is 0 Å². The molecule has 3 aliphatic rings. The van der Waals surface area contributed by atoms with E-state index in [9.17, 15) is 9.90 Å². The minimum Gasteiger partial charge on any atom is -0.445 e. The van der Waals surface area contributed by atoms with Crippen molar-refractivity contribution in [3.05, 3.63) is 71.4 Å². The number of fused-ring (bicyclic) bond motifs is 8. The van der Waals surface area contributed by atoms with Gasteiger partial charge in [-0.25, -0.2) is 4.79 Å². The number of aromatic nitrogens is 1. The van der Waals surface area contributed by atoms with Gasteiger partial charge in [-0.3, -0.25) is 4.90 Å². The SMILES string of the molecule is CC[C@H]1CO[C@@H](O)[C@H]2[C@H]1C[C@@H]1c3c(c4ccccc4n3C)C[C@H]2N1C(=O)OCc1ccccc1. The Morgan fingerprint density at radius 3 is 2.71 bits per heavy atom. The number of hydrogen-bond acceptors (Lipinski definition) is 4. The van der Waals surface area contributed by atoms with Gasteiger partial charge >= 0.3 is 6.09 Å². The number of aliphatic hydroxyl groups excluding tert-OH is 1. The number of para-hydroxylation sites is 1. The number of carbonyl (C=O) groups is 1. The van der Waals surface area contributed by atoms with Gasteiger partial charge in [-0.15, -0.1) is 0 Å². The van der Waals surface area contributed by atoms with Crippen LogP contribution in [0.3, 0.4) is 0 Å². The van der Waals surface area contributed by atoms with Gasteiger partial charge in [-0.2, -0.15) is 0 Å². The van der Waals surface area contributed by atoms with Crippen LogP contribution in [0, 0.1) is 17.8 Å². The minimum atomic E-state index is -0.861. The number of benzene rings is 2. The maximum absolute atomic E-state index is 13.6. The minimum absolute atomic E-state index is 0.0741. The van der Waals surface area contributed by atoms with Gasteiger partial charge in [0.25, 0.3) is 0 Å². The highest BCUT2D eigenvalue weighted by molar-refractivity contribution is 5.87. The van der Waals surface area contributed by atoms with Crippen LogP contribution in [0.1, 0.15) is 42.6 Å². The van der Waals surface area contributed by atoms with Crippen LogP contribution in [-0.2, 0) is 29.5 Å². The molecule has 0 saturated carbocycles.